The van der Waals surface area contributed by atoms with Crippen molar-refractivity contribution in [3.8, 4) is 0 Å². The van der Waals surface area contributed by atoms with Gasteiger partial charge in [0.05, 0.1) is 13.2 Å². The molecule has 27 heavy (non-hydrogen) atoms. The third-order valence-electron chi connectivity index (χ3n) is 6.68. The highest BCUT2D eigenvalue weighted by molar-refractivity contribution is 14.0. The van der Waals surface area contributed by atoms with E-state index in [-0.39, 0.29) is 29.5 Å². The molecule has 0 radical (unpaired) electrons. The minimum atomic E-state index is 0. The molecule has 0 aromatic rings. The fourth-order valence-electron chi connectivity index (χ4n) is 4.72. The minimum Gasteiger partial charge on any atom is -0.379 e. The van der Waals surface area contributed by atoms with Crippen LogP contribution in [-0.2, 0) is 4.74 Å². The van der Waals surface area contributed by atoms with Crippen molar-refractivity contribution in [2.24, 2.45) is 10.4 Å². The number of hydrogen-bond acceptors (Lipinski definition) is 4. The third-order valence-corrected chi connectivity index (χ3v) is 7.91. The summed E-state index contributed by atoms with van der Waals surface area (Å²) < 4.78 is 5.58. The lowest BCUT2D eigenvalue weighted by molar-refractivity contribution is -0.0120. The summed E-state index contributed by atoms with van der Waals surface area (Å²) >= 11 is 2.09. The van der Waals surface area contributed by atoms with Gasteiger partial charge in [-0.25, -0.2) is 0 Å². The summed E-state index contributed by atoms with van der Waals surface area (Å²) in [4.78, 5) is 7.68. The Labute approximate surface area is 187 Å². The molecule has 3 fully saturated rings. The Balaban J connectivity index is 0.00000261. The lowest BCUT2D eigenvalue weighted by Crippen LogP contribution is -2.60. The first-order chi connectivity index (χ1) is 12.7. The zero-order valence-corrected chi connectivity index (χ0v) is 20.4. The van der Waals surface area contributed by atoms with Gasteiger partial charge in [-0.3, -0.25) is 9.89 Å². The van der Waals surface area contributed by atoms with Crippen LogP contribution in [0.3, 0.4) is 0 Å². The summed E-state index contributed by atoms with van der Waals surface area (Å²) in [6.45, 7) is 11.3. The number of nitrogens with one attached hydrogen (secondary N) is 2. The van der Waals surface area contributed by atoms with Crippen molar-refractivity contribution in [3.05, 3.63) is 0 Å². The summed E-state index contributed by atoms with van der Waals surface area (Å²) in [6.07, 6.45) is 7.98. The maximum Gasteiger partial charge on any atom is 0.191 e. The number of nitrogens with zero attached hydrogens (tertiary/aromatic N) is 2. The standard InChI is InChI=1S/C20H38N4OS.HI/c1-3-19(7-5-6-8-19)15-22-18(21-4-2)23-16-20(9-14-26-17-20)24-10-12-25-13-11-24;/h3-17H2,1-2H3,(H2,21,22,23);1H. The molecule has 2 heterocycles. The Kier molecular flexibility index (Phi) is 9.99. The van der Waals surface area contributed by atoms with Gasteiger partial charge in [0.2, 0.25) is 0 Å². The van der Waals surface area contributed by atoms with E-state index in [1.54, 1.807) is 0 Å². The molecule has 0 aromatic heterocycles. The monoisotopic (exact) mass is 510 g/mol. The second kappa shape index (κ2) is 11.5. The smallest absolute Gasteiger partial charge is 0.191 e. The Bertz CT molecular complexity index is 459. The zero-order chi connectivity index (χ0) is 18.3. The molecule has 2 N–H and O–H groups in total. The SMILES string of the molecule is CCNC(=NCC1(CC)CCCC1)NCC1(N2CCOCC2)CCSC1.I. The number of hydrogen-bond donors (Lipinski definition) is 2. The van der Waals surface area contributed by atoms with E-state index < -0.39 is 0 Å². The third kappa shape index (κ3) is 6.12. The van der Waals surface area contributed by atoms with Crippen LogP contribution < -0.4 is 10.6 Å². The molecule has 3 rings (SSSR count). The normalized spacial score (nSPS) is 28.7. The van der Waals surface area contributed by atoms with Gasteiger partial charge in [-0.2, -0.15) is 11.8 Å². The van der Waals surface area contributed by atoms with Crippen molar-refractivity contribution < 1.29 is 4.74 Å². The van der Waals surface area contributed by atoms with E-state index >= 15 is 0 Å². The predicted molar refractivity (Wildman–Crippen MR) is 128 cm³/mol. The number of rotatable bonds is 7. The molecule has 1 atom stereocenters. The first kappa shape index (κ1) is 23.5. The molecule has 1 saturated carbocycles. The number of guanidine groups is 1. The predicted octanol–water partition coefficient (Wildman–Crippen LogP) is 3.34. The molecule has 0 amide bonds. The Hall–Kier alpha value is 0.270. The average molecular weight is 511 g/mol. The van der Waals surface area contributed by atoms with Crippen molar-refractivity contribution in [1.29, 1.82) is 0 Å². The molecule has 1 unspecified atom stereocenters. The first-order valence-corrected chi connectivity index (χ1v) is 11.8. The summed E-state index contributed by atoms with van der Waals surface area (Å²) in [5.41, 5.74) is 0.716. The highest BCUT2D eigenvalue weighted by Crippen LogP contribution is 2.41. The molecule has 2 saturated heterocycles. The maximum atomic E-state index is 5.58. The molecule has 3 aliphatic rings. The van der Waals surface area contributed by atoms with E-state index in [2.05, 4.69) is 41.1 Å². The van der Waals surface area contributed by atoms with Gasteiger partial charge < -0.3 is 15.4 Å². The molecule has 5 nitrogen and oxygen atoms in total. The van der Waals surface area contributed by atoms with E-state index in [4.69, 9.17) is 9.73 Å². The molecule has 1 aliphatic carbocycles. The minimum absolute atomic E-state index is 0. The van der Waals surface area contributed by atoms with Gasteiger partial charge in [-0.15, -0.1) is 24.0 Å². The van der Waals surface area contributed by atoms with Crippen LogP contribution in [0.1, 0.15) is 52.4 Å². The van der Waals surface area contributed by atoms with E-state index in [1.165, 1.54) is 50.0 Å². The quantitative estimate of drug-likeness (QED) is 0.313. The van der Waals surface area contributed by atoms with E-state index in [0.717, 1.165) is 51.9 Å². The van der Waals surface area contributed by atoms with E-state index in [1.807, 2.05) is 0 Å². The fourth-order valence-corrected chi connectivity index (χ4v) is 6.20. The van der Waals surface area contributed by atoms with Crippen LogP contribution in [-0.4, -0.2) is 73.8 Å². The van der Waals surface area contributed by atoms with Crippen molar-refractivity contribution in [2.45, 2.75) is 57.9 Å². The van der Waals surface area contributed by atoms with Gasteiger partial charge in [0.1, 0.15) is 0 Å². The lowest BCUT2D eigenvalue weighted by atomic mass is 9.84. The topological polar surface area (TPSA) is 48.9 Å². The highest BCUT2D eigenvalue weighted by atomic mass is 127. The Morgan fingerprint density at radius 2 is 1.85 bits per heavy atom. The molecule has 0 aromatic carbocycles. The van der Waals surface area contributed by atoms with Gasteiger partial charge in [0.15, 0.2) is 5.96 Å². The largest absolute Gasteiger partial charge is 0.379 e. The van der Waals surface area contributed by atoms with Crippen LogP contribution in [0.25, 0.3) is 0 Å². The zero-order valence-electron chi connectivity index (χ0n) is 17.2. The van der Waals surface area contributed by atoms with Crippen molar-refractivity contribution in [1.82, 2.24) is 15.5 Å². The number of thioether (sulfide) groups is 1. The van der Waals surface area contributed by atoms with Gasteiger partial charge in [-0.05, 0) is 43.8 Å². The van der Waals surface area contributed by atoms with Gasteiger partial charge in [-0.1, -0.05) is 19.8 Å². The molecule has 7 heteroatoms. The Morgan fingerprint density at radius 1 is 1.11 bits per heavy atom. The van der Waals surface area contributed by atoms with Crippen LogP contribution in [0.4, 0.5) is 0 Å². The van der Waals surface area contributed by atoms with E-state index in [9.17, 15) is 0 Å². The van der Waals surface area contributed by atoms with Crippen LogP contribution >= 0.6 is 35.7 Å². The summed E-state index contributed by atoms with van der Waals surface area (Å²) in [6, 6.07) is 0. The van der Waals surface area contributed by atoms with Gasteiger partial charge in [0, 0.05) is 44.0 Å². The second-order valence-corrected chi connectivity index (χ2v) is 9.34. The molecule has 0 bridgehead atoms. The van der Waals surface area contributed by atoms with Crippen LogP contribution in [0.2, 0.25) is 0 Å². The molecule has 0 spiro atoms. The molecule has 2 aliphatic heterocycles. The number of morpholine rings is 1. The van der Waals surface area contributed by atoms with Crippen LogP contribution in [0.15, 0.2) is 4.99 Å². The van der Waals surface area contributed by atoms with Gasteiger partial charge in [0.25, 0.3) is 0 Å². The molecular formula is C20H39IN4OS. The fraction of sp³-hybridized carbons (Fsp3) is 0.950. The van der Waals surface area contributed by atoms with E-state index in [0.29, 0.717) is 5.41 Å². The van der Waals surface area contributed by atoms with Crippen molar-refractivity contribution in [2.75, 3.05) is 57.4 Å². The Morgan fingerprint density at radius 3 is 2.44 bits per heavy atom. The molecular weight excluding hydrogens is 471 g/mol. The molecule has 158 valence electrons. The lowest BCUT2D eigenvalue weighted by Gasteiger charge is -2.43. The maximum absolute atomic E-state index is 5.58. The average Bonchev–Trinajstić information content (AvgIpc) is 3.36. The highest BCUT2D eigenvalue weighted by Gasteiger charge is 2.40. The second-order valence-electron chi connectivity index (χ2n) is 8.24. The van der Waals surface area contributed by atoms with Crippen LogP contribution in [0, 0.1) is 5.41 Å². The van der Waals surface area contributed by atoms with Crippen LogP contribution in [0.5, 0.6) is 0 Å². The number of ether oxygens (including phenoxy) is 1. The number of aliphatic imine (C=N–C) groups is 1. The van der Waals surface area contributed by atoms with Crippen molar-refractivity contribution in [3.63, 3.8) is 0 Å². The summed E-state index contributed by atoms with van der Waals surface area (Å²) in [5.74, 6) is 3.50. The van der Waals surface area contributed by atoms with Gasteiger partial charge >= 0.3 is 0 Å². The number of halogens is 1. The van der Waals surface area contributed by atoms with Crippen molar-refractivity contribution >= 4 is 41.7 Å². The summed E-state index contributed by atoms with van der Waals surface area (Å²) in [7, 11) is 0. The first-order valence-electron chi connectivity index (χ1n) is 10.6. The summed E-state index contributed by atoms with van der Waals surface area (Å²) in [5, 5.41) is 7.19.